The van der Waals surface area contributed by atoms with E-state index in [0.29, 0.717) is 18.9 Å². The number of hydrogen-bond donors (Lipinski definition) is 0. The first-order valence-corrected chi connectivity index (χ1v) is 8.30. The van der Waals surface area contributed by atoms with Crippen LogP contribution in [0, 0.1) is 5.92 Å². The molecule has 0 radical (unpaired) electrons. The minimum atomic E-state index is -2.66. The van der Waals surface area contributed by atoms with Crippen LogP contribution in [0.3, 0.4) is 0 Å². The predicted molar refractivity (Wildman–Crippen MR) is 85.2 cm³/mol. The average Bonchev–Trinajstić information content (AvgIpc) is 2.57. The minimum absolute atomic E-state index is 0.0806. The van der Waals surface area contributed by atoms with Crippen molar-refractivity contribution in [1.29, 1.82) is 0 Å². The maximum atomic E-state index is 13.3. The first-order valence-electron chi connectivity index (χ1n) is 8.30. The Hall–Kier alpha value is -1.99. The van der Waals surface area contributed by atoms with E-state index in [2.05, 4.69) is 4.98 Å². The second-order valence-corrected chi connectivity index (χ2v) is 6.63. The minimum Gasteiger partial charge on any atom is -0.351 e. The summed E-state index contributed by atoms with van der Waals surface area (Å²) >= 11 is 0. The van der Waals surface area contributed by atoms with Crippen molar-refractivity contribution in [3.05, 3.63) is 22.7 Å². The summed E-state index contributed by atoms with van der Waals surface area (Å²) in [5.74, 6) is -2.65. The normalized spacial score (nSPS) is 24.0. The van der Waals surface area contributed by atoms with Crippen LogP contribution >= 0.6 is 0 Å². The molecule has 2 aliphatic rings. The highest BCUT2D eigenvalue weighted by Gasteiger charge is 2.38. The standard InChI is InChI=1S/C16H22F2N4O2/c1-20-10-6-19-13(15(20)24)22-7-2-3-12(11-22)14(23)21-8-4-16(17,18)5-9-21/h6,10,12H,2-5,7-9,11H2,1H3. The Balaban J connectivity index is 1.68. The zero-order chi connectivity index (χ0) is 17.3. The average molecular weight is 340 g/mol. The van der Waals surface area contributed by atoms with E-state index in [1.807, 2.05) is 4.90 Å². The second kappa shape index (κ2) is 6.49. The number of aryl methyl sites for hydroxylation is 1. The van der Waals surface area contributed by atoms with Gasteiger partial charge in [-0.05, 0) is 12.8 Å². The Bertz CT molecular complexity index is 666. The molecule has 1 unspecified atom stereocenters. The third kappa shape index (κ3) is 3.42. The van der Waals surface area contributed by atoms with Crippen molar-refractivity contribution < 1.29 is 13.6 Å². The Morgan fingerprint density at radius 1 is 1.29 bits per heavy atom. The molecule has 1 amide bonds. The highest BCUT2D eigenvalue weighted by Crippen LogP contribution is 2.29. The van der Waals surface area contributed by atoms with Crippen LogP contribution in [0.2, 0.25) is 0 Å². The fourth-order valence-electron chi connectivity index (χ4n) is 3.39. The van der Waals surface area contributed by atoms with Crippen molar-refractivity contribution in [2.45, 2.75) is 31.6 Å². The van der Waals surface area contributed by atoms with Crippen molar-refractivity contribution in [2.24, 2.45) is 13.0 Å². The van der Waals surface area contributed by atoms with Gasteiger partial charge in [0.2, 0.25) is 5.91 Å². The Kier molecular flexibility index (Phi) is 4.56. The second-order valence-electron chi connectivity index (χ2n) is 6.63. The molecular weight excluding hydrogens is 318 g/mol. The molecule has 1 atom stereocenters. The van der Waals surface area contributed by atoms with Gasteiger partial charge < -0.3 is 14.4 Å². The fraction of sp³-hybridized carbons (Fsp3) is 0.688. The van der Waals surface area contributed by atoms with E-state index >= 15 is 0 Å². The van der Waals surface area contributed by atoms with E-state index in [1.165, 1.54) is 4.57 Å². The molecule has 3 rings (SSSR count). The van der Waals surface area contributed by atoms with Gasteiger partial charge in [0.15, 0.2) is 5.82 Å². The summed E-state index contributed by atoms with van der Waals surface area (Å²) in [6.07, 6.45) is 4.11. The third-order valence-electron chi connectivity index (χ3n) is 4.88. The highest BCUT2D eigenvalue weighted by atomic mass is 19.3. The molecule has 0 saturated carbocycles. The van der Waals surface area contributed by atoms with E-state index in [4.69, 9.17) is 0 Å². The summed E-state index contributed by atoms with van der Waals surface area (Å²) in [5.41, 5.74) is -0.191. The number of piperidine rings is 2. The molecule has 2 fully saturated rings. The molecule has 2 aliphatic heterocycles. The zero-order valence-electron chi connectivity index (χ0n) is 13.8. The SMILES string of the molecule is Cn1ccnc(N2CCCC(C(=O)N3CCC(F)(F)CC3)C2)c1=O. The number of likely N-dealkylation sites (tertiary alicyclic amines) is 1. The molecule has 3 heterocycles. The van der Waals surface area contributed by atoms with Gasteiger partial charge in [-0.15, -0.1) is 0 Å². The molecule has 6 nitrogen and oxygen atoms in total. The molecular formula is C16H22F2N4O2. The van der Waals surface area contributed by atoms with Crippen LogP contribution in [0.1, 0.15) is 25.7 Å². The van der Waals surface area contributed by atoms with Crippen LogP contribution in [0.5, 0.6) is 0 Å². The van der Waals surface area contributed by atoms with Crippen LogP contribution in [-0.4, -0.2) is 52.5 Å². The van der Waals surface area contributed by atoms with E-state index in [0.717, 1.165) is 12.8 Å². The molecule has 0 bridgehead atoms. The van der Waals surface area contributed by atoms with Gasteiger partial charge >= 0.3 is 0 Å². The van der Waals surface area contributed by atoms with Gasteiger partial charge in [0, 0.05) is 58.5 Å². The number of carbonyl (C=O) groups is 1. The Morgan fingerprint density at radius 3 is 2.71 bits per heavy atom. The zero-order valence-corrected chi connectivity index (χ0v) is 13.8. The number of halogens is 2. The van der Waals surface area contributed by atoms with E-state index in [9.17, 15) is 18.4 Å². The molecule has 0 spiro atoms. The lowest BCUT2D eigenvalue weighted by molar-refractivity contribution is -0.141. The number of amides is 1. The van der Waals surface area contributed by atoms with Crippen LogP contribution in [0.15, 0.2) is 17.2 Å². The van der Waals surface area contributed by atoms with Gasteiger partial charge in [-0.1, -0.05) is 0 Å². The largest absolute Gasteiger partial charge is 0.351 e. The maximum Gasteiger partial charge on any atom is 0.293 e. The van der Waals surface area contributed by atoms with Gasteiger partial charge in [0.05, 0.1) is 5.92 Å². The molecule has 1 aromatic rings. The topological polar surface area (TPSA) is 58.4 Å². The lowest BCUT2D eigenvalue weighted by Gasteiger charge is -2.37. The number of nitrogens with zero attached hydrogens (tertiary/aromatic N) is 4. The Morgan fingerprint density at radius 2 is 2.00 bits per heavy atom. The fourth-order valence-corrected chi connectivity index (χ4v) is 3.39. The third-order valence-corrected chi connectivity index (χ3v) is 4.88. The van der Waals surface area contributed by atoms with E-state index < -0.39 is 5.92 Å². The molecule has 2 saturated heterocycles. The molecule has 0 aliphatic carbocycles. The first kappa shape index (κ1) is 16.9. The molecule has 0 aromatic carbocycles. The van der Waals surface area contributed by atoms with Crippen molar-refractivity contribution in [3.63, 3.8) is 0 Å². The van der Waals surface area contributed by atoms with Crippen molar-refractivity contribution in [3.8, 4) is 0 Å². The summed E-state index contributed by atoms with van der Waals surface area (Å²) in [7, 11) is 1.66. The number of carbonyl (C=O) groups excluding carboxylic acids is 1. The number of rotatable bonds is 2. The monoisotopic (exact) mass is 340 g/mol. The lowest BCUT2D eigenvalue weighted by atomic mass is 9.95. The number of hydrogen-bond acceptors (Lipinski definition) is 4. The van der Waals surface area contributed by atoms with Crippen molar-refractivity contribution in [2.75, 3.05) is 31.1 Å². The van der Waals surface area contributed by atoms with Crippen LogP contribution < -0.4 is 10.5 Å². The summed E-state index contributed by atoms with van der Waals surface area (Å²) < 4.78 is 28.0. The molecule has 1 aromatic heterocycles. The van der Waals surface area contributed by atoms with Crippen LogP contribution in [0.4, 0.5) is 14.6 Å². The quantitative estimate of drug-likeness (QED) is 0.813. The predicted octanol–water partition coefficient (Wildman–Crippen LogP) is 1.25. The summed E-state index contributed by atoms with van der Waals surface area (Å²) in [6, 6.07) is 0. The molecule has 8 heteroatoms. The van der Waals surface area contributed by atoms with E-state index in [-0.39, 0.29) is 43.3 Å². The summed E-state index contributed by atoms with van der Waals surface area (Å²) in [4.78, 5) is 32.4. The Labute approximate surface area is 139 Å². The molecule has 132 valence electrons. The highest BCUT2D eigenvalue weighted by molar-refractivity contribution is 5.79. The van der Waals surface area contributed by atoms with Gasteiger partial charge in [0.25, 0.3) is 11.5 Å². The van der Waals surface area contributed by atoms with Gasteiger partial charge in [-0.3, -0.25) is 9.59 Å². The van der Waals surface area contributed by atoms with Crippen molar-refractivity contribution in [1.82, 2.24) is 14.5 Å². The van der Waals surface area contributed by atoms with Gasteiger partial charge in [-0.2, -0.15) is 0 Å². The number of anilines is 1. The van der Waals surface area contributed by atoms with E-state index in [1.54, 1.807) is 24.3 Å². The maximum absolute atomic E-state index is 13.3. The number of alkyl halides is 2. The van der Waals surface area contributed by atoms with Crippen LogP contribution in [0.25, 0.3) is 0 Å². The molecule has 0 N–H and O–H groups in total. The van der Waals surface area contributed by atoms with Crippen molar-refractivity contribution >= 4 is 11.7 Å². The van der Waals surface area contributed by atoms with Crippen LogP contribution in [-0.2, 0) is 11.8 Å². The van der Waals surface area contributed by atoms with Gasteiger partial charge in [-0.25, -0.2) is 13.8 Å². The smallest absolute Gasteiger partial charge is 0.293 e. The first-order chi connectivity index (χ1) is 11.4. The lowest BCUT2D eigenvalue weighted by Crippen LogP contribution is -2.50. The summed E-state index contributed by atoms with van der Waals surface area (Å²) in [6.45, 7) is 1.30. The number of aromatic nitrogens is 2. The van der Waals surface area contributed by atoms with Gasteiger partial charge in [0.1, 0.15) is 0 Å². The molecule has 24 heavy (non-hydrogen) atoms. The summed E-state index contributed by atoms with van der Waals surface area (Å²) in [5, 5.41) is 0.